The Morgan fingerprint density at radius 2 is 1.63 bits per heavy atom. The highest BCUT2D eigenvalue weighted by Gasteiger charge is 2.08. The molecule has 2 aromatic carbocycles. The van der Waals surface area contributed by atoms with Gasteiger partial charge in [0.15, 0.2) is 11.7 Å². The molecule has 0 saturated carbocycles. The van der Waals surface area contributed by atoms with Crippen molar-refractivity contribution in [3.05, 3.63) is 54.6 Å². The standard InChI is InChI=1S/C20H23N3O3S/c1-14(2)11-18(24)23-20(27)22-16-8-6-7-15(12-16)21-19(25)13-26-17-9-4-3-5-10-17/h3-10,12,14H,11,13H2,1-2H3,(H,21,25)(H2,22,23,24,27). The Hall–Kier alpha value is -2.93. The van der Waals surface area contributed by atoms with E-state index in [1.165, 1.54) is 0 Å². The van der Waals surface area contributed by atoms with Gasteiger partial charge in [-0.3, -0.25) is 9.59 Å². The minimum Gasteiger partial charge on any atom is -0.484 e. The lowest BCUT2D eigenvalue weighted by atomic mass is 10.1. The zero-order valence-corrected chi connectivity index (χ0v) is 16.1. The van der Waals surface area contributed by atoms with E-state index in [0.29, 0.717) is 23.5 Å². The molecule has 0 fully saturated rings. The van der Waals surface area contributed by atoms with Gasteiger partial charge in [-0.25, -0.2) is 0 Å². The van der Waals surface area contributed by atoms with E-state index in [-0.39, 0.29) is 29.5 Å². The van der Waals surface area contributed by atoms with E-state index in [9.17, 15) is 9.59 Å². The summed E-state index contributed by atoms with van der Waals surface area (Å²) >= 11 is 5.14. The van der Waals surface area contributed by atoms with Gasteiger partial charge in [0.1, 0.15) is 5.75 Å². The fourth-order valence-corrected chi connectivity index (χ4v) is 2.48. The molecule has 0 atom stereocenters. The van der Waals surface area contributed by atoms with Crippen LogP contribution in [-0.4, -0.2) is 23.5 Å². The van der Waals surface area contributed by atoms with E-state index in [2.05, 4.69) is 16.0 Å². The lowest BCUT2D eigenvalue weighted by Crippen LogP contribution is -2.34. The summed E-state index contributed by atoms with van der Waals surface area (Å²) in [6.45, 7) is 3.83. The molecule has 0 saturated heterocycles. The molecule has 2 rings (SSSR count). The fraction of sp³-hybridized carbons (Fsp3) is 0.250. The third kappa shape index (κ3) is 7.87. The van der Waals surface area contributed by atoms with Gasteiger partial charge in [0.05, 0.1) is 0 Å². The molecule has 0 heterocycles. The maximum absolute atomic E-state index is 12.0. The largest absolute Gasteiger partial charge is 0.484 e. The number of rotatable bonds is 7. The smallest absolute Gasteiger partial charge is 0.262 e. The van der Waals surface area contributed by atoms with Crippen molar-refractivity contribution < 1.29 is 14.3 Å². The molecule has 6 nitrogen and oxygen atoms in total. The van der Waals surface area contributed by atoms with Crippen LogP contribution in [0.3, 0.4) is 0 Å². The summed E-state index contributed by atoms with van der Waals surface area (Å²) in [5.74, 6) is 0.476. The van der Waals surface area contributed by atoms with Crippen LogP contribution in [-0.2, 0) is 9.59 Å². The van der Waals surface area contributed by atoms with Crippen molar-refractivity contribution in [3.8, 4) is 5.75 Å². The van der Waals surface area contributed by atoms with E-state index in [1.54, 1.807) is 36.4 Å². The number of ether oxygens (including phenoxy) is 1. The van der Waals surface area contributed by atoms with Crippen molar-refractivity contribution in [3.63, 3.8) is 0 Å². The second kappa shape index (κ2) is 10.3. The number of thiocarbonyl (C=S) groups is 1. The third-order valence-electron chi connectivity index (χ3n) is 3.36. The summed E-state index contributed by atoms with van der Waals surface area (Å²) in [5.41, 5.74) is 1.25. The predicted molar refractivity (Wildman–Crippen MR) is 111 cm³/mol. The van der Waals surface area contributed by atoms with Crippen LogP contribution in [0.5, 0.6) is 5.75 Å². The Morgan fingerprint density at radius 3 is 2.30 bits per heavy atom. The highest BCUT2D eigenvalue weighted by atomic mass is 32.1. The monoisotopic (exact) mass is 385 g/mol. The van der Waals surface area contributed by atoms with Crippen LogP contribution in [0, 0.1) is 5.92 Å². The Labute approximate surface area is 164 Å². The second-order valence-electron chi connectivity index (χ2n) is 6.33. The Bertz CT molecular complexity index is 794. The summed E-state index contributed by atoms with van der Waals surface area (Å²) in [6, 6.07) is 16.2. The first-order chi connectivity index (χ1) is 12.9. The lowest BCUT2D eigenvalue weighted by Gasteiger charge is -2.12. The Morgan fingerprint density at radius 1 is 0.963 bits per heavy atom. The molecule has 3 N–H and O–H groups in total. The molecule has 2 amide bonds. The van der Waals surface area contributed by atoms with Gasteiger partial charge in [-0.15, -0.1) is 0 Å². The first kappa shape index (κ1) is 20.4. The molecule has 0 aliphatic heterocycles. The van der Waals surface area contributed by atoms with Gasteiger partial charge < -0.3 is 20.7 Å². The number of carbonyl (C=O) groups excluding carboxylic acids is 2. The quantitative estimate of drug-likeness (QED) is 0.635. The van der Waals surface area contributed by atoms with E-state index < -0.39 is 0 Å². The highest BCUT2D eigenvalue weighted by Crippen LogP contribution is 2.15. The van der Waals surface area contributed by atoms with Crippen LogP contribution in [0.25, 0.3) is 0 Å². The molecule has 0 aliphatic rings. The third-order valence-corrected chi connectivity index (χ3v) is 3.57. The Balaban J connectivity index is 1.84. The molecule has 142 valence electrons. The molecule has 0 bridgehead atoms. The lowest BCUT2D eigenvalue weighted by molar-refractivity contribution is -0.120. The summed E-state index contributed by atoms with van der Waals surface area (Å²) in [7, 11) is 0. The first-order valence-electron chi connectivity index (χ1n) is 8.61. The number of anilines is 2. The first-order valence-corrected chi connectivity index (χ1v) is 9.02. The normalized spacial score (nSPS) is 10.2. The van der Waals surface area contributed by atoms with Crippen LogP contribution in [0.1, 0.15) is 20.3 Å². The molecule has 0 radical (unpaired) electrons. The molecule has 0 aromatic heterocycles. The van der Waals surface area contributed by atoms with Crippen molar-refractivity contribution in [2.45, 2.75) is 20.3 Å². The minimum absolute atomic E-state index is 0.0919. The zero-order chi connectivity index (χ0) is 19.6. The van der Waals surface area contributed by atoms with Crippen LogP contribution in [0.15, 0.2) is 54.6 Å². The molecule has 27 heavy (non-hydrogen) atoms. The molecule has 0 aliphatic carbocycles. The molecular weight excluding hydrogens is 362 g/mol. The molecule has 2 aromatic rings. The van der Waals surface area contributed by atoms with Gasteiger partial charge in [-0.05, 0) is 48.5 Å². The maximum Gasteiger partial charge on any atom is 0.262 e. The van der Waals surface area contributed by atoms with Gasteiger partial charge in [-0.2, -0.15) is 0 Å². The summed E-state index contributed by atoms with van der Waals surface area (Å²) in [6.07, 6.45) is 0.402. The number of nitrogens with one attached hydrogen (secondary N) is 3. The van der Waals surface area contributed by atoms with Crippen molar-refractivity contribution >= 4 is 40.5 Å². The average Bonchev–Trinajstić information content (AvgIpc) is 2.60. The van der Waals surface area contributed by atoms with Crippen molar-refractivity contribution in [2.24, 2.45) is 5.92 Å². The average molecular weight is 385 g/mol. The van der Waals surface area contributed by atoms with Crippen molar-refractivity contribution in [1.82, 2.24) is 5.32 Å². The zero-order valence-electron chi connectivity index (χ0n) is 15.3. The number of amides is 2. The number of hydrogen-bond donors (Lipinski definition) is 3. The van der Waals surface area contributed by atoms with Gasteiger partial charge in [0.2, 0.25) is 5.91 Å². The van der Waals surface area contributed by atoms with Gasteiger partial charge in [-0.1, -0.05) is 38.1 Å². The summed E-state index contributed by atoms with van der Waals surface area (Å²) in [4.78, 5) is 23.8. The number of carbonyl (C=O) groups is 2. The topological polar surface area (TPSA) is 79.5 Å². The van der Waals surface area contributed by atoms with Gasteiger partial charge in [0.25, 0.3) is 5.91 Å². The van der Waals surface area contributed by atoms with E-state index in [0.717, 1.165) is 0 Å². The molecule has 0 unspecified atom stereocenters. The predicted octanol–water partition coefficient (Wildman–Crippen LogP) is 3.56. The summed E-state index contributed by atoms with van der Waals surface area (Å²) in [5, 5.41) is 8.54. The fourth-order valence-electron chi connectivity index (χ4n) is 2.25. The maximum atomic E-state index is 12.0. The summed E-state index contributed by atoms with van der Waals surface area (Å²) < 4.78 is 5.41. The van der Waals surface area contributed by atoms with Crippen LogP contribution in [0.4, 0.5) is 11.4 Å². The van der Waals surface area contributed by atoms with E-state index in [4.69, 9.17) is 17.0 Å². The SMILES string of the molecule is CC(C)CC(=O)NC(=S)Nc1cccc(NC(=O)COc2ccccc2)c1. The van der Waals surface area contributed by atoms with Crippen LogP contribution >= 0.6 is 12.2 Å². The highest BCUT2D eigenvalue weighted by molar-refractivity contribution is 7.80. The van der Waals surface area contributed by atoms with Gasteiger partial charge >= 0.3 is 0 Å². The van der Waals surface area contributed by atoms with Gasteiger partial charge in [0, 0.05) is 17.8 Å². The minimum atomic E-state index is -0.274. The molecular formula is C20H23N3O3S. The van der Waals surface area contributed by atoms with Crippen molar-refractivity contribution in [1.29, 1.82) is 0 Å². The Kier molecular flexibility index (Phi) is 7.76. The van der Waals surface area contributed by atoms with E-state index >= 15 is 0 Å². The van der Waals surface area contributed by atoms with Crippen molar-refractivity contribution in [2.75, 3.05) is 17.2 Å². The van der Waals surface area contributed by atoms with E-state index in [1.807, 2.05) is 32.0 Å². The van der Waals surface area contributed by atoms with Crippen LogP contribution < -0.4 is 20.7 Å². The number of benzene rings is 2. The molecule has 7 heteroatoms. The number of para-hydroxylation sites is 1. The molecule has 0 spiro atoms. The number of hydrogen-bond acceptors (Lipinski definition) is 4. The second-order valence-corrected chi connectivity index (χ2v) is 6.74. The van der Waals surface area contributed by atoms with Crippen LogP contribution in [0.2, 0.25) is 0 Å².